The molecule has 1 atom stereocenters. The van der Waals surface area contributed by atoms with Gasteiger partial charge >= 0.3 is 0 Å². The van der Waals surface area contributed by atoms with E-state index in [0.29, 0.717) is 30.5 Å². The Morgan fingerprint density at radius 3 is 2.58 bits per heavy atom. The molecule has 0 bridgehead atoms. The van der Waals surface area contributed by atoms with E-state index in [1.54, 1.807) is 6.07 Å². The molecule has 7 heteroatoms. The summed E-state index contributed by atoms with van der Waals surface area (Å²) < 4.78 is 30.0. The molecule has 26 heavy (non-hydrogen) atoms. The van der Waals surface area contributed by atoms with Crippen molar-refractivity contribution >= 4 is 23.4 Å². The first-order chi connectivity index (χ1) is 12.5. The maximum Gasteiger partial charge on any atom is 0.284 e. The largest absolute Gasteiger partial charge is 0.464 e. The number of amides is 1. The van der Waals surface area contributed by atoms with Crippen molar-refractivity contribution in [2.75, 3.05) is 11.4 Å². The Kier molecular flexibility index (Phi) is 6.32. The lowest BCUT2D eigenvalue weighted by molar-refractivity contribution is -0.117. The van der Waals surface area contributed by atoms with Gasteiger partial charge < -0.3 is 14.6 Å². The molecule has 1 aliphatic heterocycles. The van der Waals surface area contributed by atoms with E-state index < -0.39 is 5.76 Å². The highest BCUT2D eigenvalue weighted by molar-refractivity contribution is 7.98. The van der Waals surface area contributed by atoms with Crippen LogP contribution in [-0.4, -0.2) is 18.2 Å². The number of hydrogen-bond donors (Lipinski definition) is 1. The van der Waals surface area contributed by atoms with Gasteiger partial charge in [0, 0.05) is 24.7 Å². The van der Waals surface area contributed by atoms with E-state index in [4.69, 9.17) is 4.42 Å². The van der Waals surface area contributed by atoms with Gasteiger partial charge in [0.2, 0.25) is 5.91 Å². The van der Waals surface area contributed by atoms with E-state index in [1.165, 1.54) is 0 Å². The molecule has 0 spiro atoms. The average Bonchev–Trinajstić information content (AvgIpc) is 3.27. The van der Waals surface area contributed by atoms with E-state index in [9.17, 15) is 13.6 Å². The monoisotopic (exact) mass is 380 g/mol. The molecule has 1 fully saturated rings. The highest BCUT2D eigenvalue weighted by atomic mass is 32.2. The van der Waals surface area contributed by atoms with Crippen molar-refractivity contribution in [3.63, 3.8) is 0 Å². The molecule has 1 amide bonds. The minimum atomic E-state index is -2.39. The molecule has 0 saturated carbocycles. The van der Waals surface area contributed by atoms with Crippen LogP contribution in [0, 0.1) is 0 Å². The van der Waals surface area contributed by atoms with Gasteiger partial charge in [0.15, 0.2) is 0 Å². The lowest BCUT2D eigenvalue weighted by atomic mass is 10.1. The summed E-state index contributed by atoms with van der Waals surface area (Å²) in [5.41, 5.74) is 2.05. The van der Waals surface area contributed by atoms with Gasteiger partial charge in [-0.15, -0.1) is 0 Å². The summed E-state index contributed by atoms with van der Waals surface area (Å²) in [6.07, 6.45) is 1.54. The average molecular weight is 380 g/mol. The molecule has 4 nitrogen and oxygen atoms in total. The van der Waals surface area contributed by atoms with Crippen molar-refractivity contribution in [2.45, 2.75) is 43.9 Å². The molecular weight excluding hydrogens is 358 g/mol. The SMILES string of the molecule is CC(NCc1ccc(CSC(F)F)o1)c1ccc(N2CCCC2=O)cc1. The smallest absolute Gasteiger partial charge is 0.284 e. The normalized spacial score (nSPS) is 15.8. The summed E-state index contributed by atoms with van der Waals surface area (Å²) >= 11 is 0.555. The Bertz CT molecular complexity index is 733. The zero-order chi connectivity index (χ0) is 18.5. The van der Waals surface area contributed by atoms with Crippen LogP contribution in [0.1, 0.15) is 42.9 Å². The first kappa shape index (κ1) is 18.9. The van der Waals surface area contributed by atoms with Gasteiger partial charge in [0.05, 0.1) is 12.3 Å². The third kappa shape index (κ3) is 4.86. The van der Waals surface area contributed by atoms with Crippen LogP contribution in [0.15, 0.2) is 40.8 Å². The van der Waals surface area contributed by atoms with Gasteiger partial charge in [-0.2, -0.15) is 8.78 Å². The standard InChI is InChI=1S/C19H22F2N2O2S/c1-13(22-11-16-8-9-17(25-16)12-26-19(20)21)14-4-6-15(7-5-14)23-10-2-3-18(23)24/h4-9,13,19,22H,2-3,10-12H2,1H3. The van der Waals surface area contributed by atoms with Crippen LogP contribution in [0.4, 0.5) is 14.5 Å². The molecule has 0 radical (unpaired) electrons. The summed E-state index contributed by atoms with van der Waals surface area (Å²) in [4.78, 5) is 13.6. The number of carbonyl (C=O) groups is 1. The number of benzene rings is 1. The van der Waals surface area contributed by atoms with Gasteiger partial charge in [0.25, 0.3) is 5.76 Å². The summed E-state index contributed by atoms with van der Waals surface area (Å²) in [6, 6.07) is 11.6. The fourth-order valence-corrected chi connectivity index (χ4v) is 3.42. The number of alkyl halides is 2. The number of nitrogens with zero attached hydrogens (tertiary/aromatic N) is 1. The predicted octanol–water partition coefficient (Wildman–Crippen LogP) is 4.71. The third-order valence-corrected chi connectivity index (χ3v) is 5.13. The molecule has 1 aliphatic rings. The maximum absolute atomic E-state index is 12.2. The summed E-state index contributed by atoms with van der Waals surface area (Å²) in [6.45, 7) is 3.36. The zero-order valence-electron chi connectivity index (χ0n) is 14.6. The Balaban J connectivity index is 1.51. The molecule has 2 heterocycles. The lowest BCUT2D eigenvalue weighted by Crippen LogP contribution is -2.23. The van der Waals surface area contributed by atoms with E-state index in [-0.39, 0.29) is 17.7 Å². The van der Waals surface area contributed by atoms with Crippen molar-refractivity contribution in [3.05, 3.63) is 53.5 Å². The number of rotatable bonds is 8. The molecule has 2 aromatic rings. The Morgan fingerprint density at radius 1 is 1.19 bits per heavy atom. The highest BCUT2D eigenvalue weighted by Gasteiger charge is 2.21. The van der Waals surface area contributed by atoms with Crippen LogP contribution in [-0.2, 0) is 17.1 Å². The van der Waals surface area contributed by atoms with Crippen LogP contribution >= 0.6 is 11.8 Å². The van der Waals surface area contributed by atoms with E-state index in [2.05, 4.69) is 5.32 Å². The zero-order valence-corrected chi connectivity index (χ0v) is 15.4. The minimum Gasteiger partial charge on any atom is -0.464 e. The van der Waals surface area contributed by atoms with Crippen LogP contribution in [0.25, 0.3) is 0 Å². The van der Waals surface area contributed by atoms with Crippen molar-refractivity contribution in [3.8, 4) is 0 Å². The summed E-state index contributed by atoms with van der Waals surface area (Å²) in [5, 5.41) is 3.36. The Labute approximate surface area is 155 Å². The highest BCUT2D eigenvalue weighted by Crippen LogP contribution is 2.24. The maximum atomic E-state index is 12.2. The van der Waals surface area contributed by atoms with E-state index in [0.717, 1.165) is 30.0 Å². The topological polar surface area (TPSA) is 45.5 Å². The first-order valence-corrected chi connectivity index (χ1v) is 9.69. The Morgan fingerprint density at radius 2 is 1.92 bits per heavy atom. The van der Waals surface area contributed by atoms with Crippen LogP contribution in [0.2, 0.25) is 0 Å². The third-order valence-electron chi connectivity index (χ3n) is 4.43. The van der Waals surface area contributed by atoms with Gasteiger partial charge in [-0.3, -0.25) is 4.79 Å². The van der Waals surface area contributed by atoms with E-state index >= 15 is 0 Å². The number of nitrogens with one attached hydrogen (secondary N) is 1. The van der Waals surface area contributed by atoms with Crippen LogP contribution < -0.4 is 10.2 Å². The van der Waals surface area contributed by atoms with Crippen LogP contribution in [0.5, 0.6) is 0 Å². The first-order valence-electron chi connectivity index (χ1n) is 8.64. The summed E-state index contributed by atoms with van der Waals surface area (Å²) in [5.74, 6) is -0.757. The van der Waals surface area contributed by atoms with Gasteiger partial charge in [0.1, 0.15) is 11.5 Å². The molecule has 1 saturated heterocycles. The number of furan rings is 1. The van der Waals surface area contributed by atoms with Crippen LogP contribution in [0.3, 0.4) is 0 Å². The fourth-order valence-electron chi connectivity index (χ4n) is 2.98. The molecular formula is C19H22F2N2O2S. The second-order valence-electron chi connectivity index (χ2n) is 6.28. The molecule has 3 rings (SSSR count). The quantitative estimate of drug-likeness (QED) is 0.720. The molecule has 1 aromatic carbocycles. The molecule has 1 N–H and O–H groups in total. The molecule has 1 aromatic heterocycles. The van der Waals surface area contributed by atoms with Crippen molar-refractivity contribution in [2.24, 2.45) is 0 Å². The number of halogens is 2. The van der Waals surface area contributed by atoms with Crippen molar-refractivity contribution in [1.29, 1.82) is 0 Å². The number of hydrogen-bond acceptors (Lipinski definition) is 4. The van der Waals surface area contributed by atoms with Gasteiger partial charge in [-0.1, -0.05) is 23.9 Å². The molecule has 0 aliphatic carbocycles. The molecule has 140 valence electrons. The van der Waals surface area contributed by atoms with Crippen molar-refractivity contribution in [1.82, 2.24) is 5.32 Å². The minimum absolute atomic E-state index is 0.0994. The predicted molar refractivity (Wildman–Crippen MR) is 99.3 cm³/mol. The Hall–Kier alpha value is -1.86. The number of anilines is 1. The van der Waals surface area contributed by atoms with E-state index in [1.807, 2.05) is 42.2 Å². The van der Waals surface area contributed by atoms with Gasteiger partial charge in [-0.25, -0.2) is 0 Å². The fraction of sp³-hybridized carbons (Fsp3) is 0.421. The molecule has 1 unspecified atom stereocenters. The van der Waals surface area contributed by atoms with Crippen molar-refractivity contribution < 1.29 is 18.0 Å². The second-order valence-corrected chi connectivity index (χ2v) is 7.26. The lowest BCUT2D eigenvalue weighted by Gasteiger charge is -2.18. The number of carbonyl (C=O) groups excluding carboxylic acids is 1. The van der Waals surface area contributed by atoms with Gasteiger partial charge in [-0.05, 0) is 43.2 Å². The second kappa shape index (κ2) is 8.68. The number of thioether (sulfide) groups is 1. The summed E-state index contributed by atoms with van der Waals surface area (Å²) in [7, 11) is 0.